The van der Waals surface area contributed by atoms with Crippen LogP contribution >= 0.6 is 0 Å². The number of aliphatic hydroxyl groups is 1. The van der Waals surface area contributed by atoms with E-state index in [1.165, 1.54) is 0 Å². The molecule has 0 radical (unpaired) electrons. The lowest BCUT2D eigenvalue weighted by molar-refractivity contribution is -0.0779. The zero-order chi connectivity index (χ0) is 13.5. The number of β-amino-alcohol motifs (C(OH)–C–C–N with tert-alkyl or cyclic N) is 1. The number of amides is 1. The van der Waals surface area contributed by atoms with Crippen LogP contribution in [0.25, 0.3) is 0 Å². The molecule has 0 spiro atoms. The molecule has 0 aliphatic carbocycles. The number of hydrogen-bond acceptors (Lipinski definition) is 4. The SMILES string of the molecule is O=C(O)N1C2CCC1CC(O)(CN1CCOCC1)C2. The van der Waals surface area contributed by atoms with Gasteiger partial charge in [0, 0.05) is 31.7 Å². The van der Waals surface area contributed by atoms with Crippen molar-refractivity contribution in [1.29, 1.82) is 0 Å². The van der Waals surface area contributed by atoms with Crippen LogP contribution in [0.4, 0.5) is 4.79 Å². The van der Waals surface area contributed by atoms with Crippen molar-refractivity contribution in [3.8, 4) is 0 Å². The average Bonchev–Trinajstić information content (AvgIpc) is 2.64. The summed E-state index contributed by atoms with van der Waals surface area (Å²) in [7, 11) is 0. The second kappa shape index (κ2) is 4.92. The minimum absolute atomic E-state index is 0.00212. The van der Waals surface area contributed by atoms with Crippen molar-refractivity contribution in [1.82, 2.24) is 9.80 Å². The van der Waals surface area contributed by atoms with Crippen LogP contribution in [0.1, 0.15) is 25.7 Å². The second-order valence-corrected chi connectivity index (χ2v) is 6.10. The van der Waals surface area contributed by atoms with E-state index >= 15 is 0 Å². The number of rotatable bonds is 2. The first-order valence-corrected chi connectivity index (χ1v) is 7.11. The molecule has 108 valence electrons. The van der Waals surface area contributed by atoms with Crippen molar-refractivity contribution in [2.45, 2.75) is 43.4 Å². The van der Waals surface area contributed by atoms with Gasteiger partial charge >= 0.3 is 6.09 Å². The Kier molecular flexibility index (Phi) is 3.41. The van der Waals surface area contributed by atoms with Gasteiger partial charge in [-0.15, -0.1) is 0 Å². The Labute approximate surface area is 112 Å². The number of ether oxygens (including phenoxy) is 1. The Morgan fingerprint density at radius 2 is 1.79 bits per heavy atom. The Morgan fingerprint density at radius 1 is 1.21 bits per heavy atom. The molecule has 0 aromatic heterocycles. The van der Waals surface area contributed by atoms with Gasteiger partial charge in [-0.05, 0) is 25.7 Å². The number of piperidine rings is 1. The van der Waals surface area contributed by atoms with Gasteiger partial charge in [0.05, 0.1) is 18.8 Å². The fourth-order valence-electron chi connectivity index (χ4n) is 3.94. The van der Waals surface area contributed by atoms with Crippen LogP contribution in [0.15, 0.2) is 0 Å². The second-order valence-electron chi connectivity index (χ2n) is 6.10. The standard InChI is InChI=1S/C13H22N2O4/c16-12(17)15-10-1-2-11(15)8-13(18,7-10)9-14-3-5-19-6-4-14/h10-11,18H,1-9H2,(H,16,17). The molecule has 2 N–H and O–H groups in total. The predicted octanol–water partition coefficient (Wildman–Crippen LogP) is 0.355. The maximum atomic E-state index is 11.2. The quantitative estimate of drug-likeness (QED) is 0.757. The molecule has 1 amide bonds. The number of fused-ring (bicyclic) bond motifs is 2. The molecule has 19 heavy (non-hydrogen) atoms. The Hall–Kier alpha value is -0.850. The zero-order valence-corrected chi connectivity index (χ0v) is 11.1. The van der Waals surface area contributed by atoms with Crippen molar-refractivity contribution in [3.63, 3.8) is 0 Å². The van der Waals surface area contributed by atoms with Crippen LogP contribution in [0.3, 0.4) is 0 Å². The number of carbonyl (C=O) groups is 1. The van der Waals surface area contributed by atoms with Gasteiger partial charge in [0.1, 0.15) is 0 Å². The topological polar surface area (TPSA) is 73.2 Å². The van der Waals surface area contributed by atoms with Crippen LogP contribution in [0.5, 0.6) is 0 Å². The fourth-order valence-corrected chi connectivity index (χ4v) is 3.94. The highest BCUT2D eigenvalue weighted by Crippen LogP contribution is 2.41. The van der Waals surface area contributed by atoms with Crippen LogP contribution in [-0.2, 0) is 4.74 Å². The maximum absolute atomic E-state index is 11.2. The molecule has 6 nitrogen and oxygen atoms in total. The van der Waals surface area contributed by atoms with E-state index in [1.54, 1.807) is 4.90 Å². The number of morpholine rings is 1. The fraction of sp³-hybridized carbons (Fsp3) is 0.923. The van der Waals surface area contributed by atoms with E-state index in [-0.39, 0.29) is 12.1 Å². The van der Waals surface area contributed by atoms with Crippen molar-refractivity contribution in [2.24, 2.45) is 0 Å². The van der Waals surface area contributed by atoms with E-state index in [0.29, 0.717) is 19.4 Å². The molecule has 2 atom stereocenters. The highest BCUT2D eigenvalue weighted by Gasteiger charge is 2.49. The van der Waals surface area contributed by atoms with E-state index < -0.39 is 11.7 Å². The molecule has 0 aromatic rings. The molecular weight excluding hydrogens is 248 g/mol. The molecule has 3 aliphatic rings. The summed E-state index contributed by atoms with van der Waals surface area (Å²) in [4.78, 5) is 15.0. The minimum Gasteiger partial charge on any atom is -0.465 e. The lowest BCUT2D eigenvalue weighted by Gasteiger charge is -2.45. The molecule has 3 aliphatic heterocycles. The molecule has 0 saturated carbocycles. The summed E-state index contributed by atoms with van der Waals surface area (Å²) in [5.74, 6) is 0. The van der Waals surface area contributed by atoms with E-state index in [2.05, 4.69) is 4.90 Å². The molecule has 0 aromatic carbocycles. The molecular formula is C13H22N2O4. The average molecular weight is 270 g/mol. The molecule has 3 saturated heterocycles. The van der Waals surface area contributed by atoms with E-state index in [9.17, 15) is 15.0 Å². The molecule has 2 bridgehead atoms. The van der Waals surface area contributed by atoms with Crippen LogP contribution in [0.2, 0.25) is 0 Å². The van der Waals surface area contributed by atoms with Gasteiger partial charge < -0.3 is 19.8 Å². The van der Waals surface area contributed by atoms with E-state index in [4.69, 9.17) is 4.74 Å². The van der Waals surface area contributed by atoms with Crippen molar-refractivity contribution in [2.75, 3.05) is 32.8 Å². The van der Waals surface area contributed by atoms with Gasteiger partial charge in [-0.2, -0.15) is 0 Å². The molecule has 2 unspecified atom stereocenters. The first kappa shape index (κ1) is 13.1. The molecule has 3 fully saturated rings. The molecule has 6 heteroatoms. The van der Waals surface area contributed by atoms with Gasteiger partial charge in [-0.25, -0.2) is 4.79 Å². The third-order valence-corrected chi connectivity index (χ3v) is 4.69. The van der Waals surface area contributed by atoms with E-state index in [1.807, 2.05) is 0 Å². The minimum atomic E-state index is -0.832. The van der Waals surface area contributed by atoms with E-state index in [0.717, 1.165) is 39.1 Å². The first-order chi connectivity index (χ1) is 9.07. The summed E-state index contributed by atoms with van der Waals surface area (Å²) in [5, 5.41) is 20.0. The first-order valence-electron chi connectivity index (χ1n) is 7.11. The van der Waals surface area contributed by atoms with Gasteiger partial charge in [0.2, 0.25) is 0 Å². The lowest BCUT2D eigenvalue weighted by atomic mass is 9.85. The zero-order valence-electron chi connectivity index (χ0n) is 11.1. The summed E-state index contributed by atoms with van der Waals surface area (Å²) in [6.07, 6.45) is 2.10. The van der Waals surface area contributed by atoms with Crippen molar-refractivity contribution in [3.05, 3.63) is 0 Å². The summed E-state index contributed by atoms with van der Waals surface area (Å²) in [6, 6.07) is 0.00424. The third-order valence-electron chi connectivity index (χ3n) is 4.69. The Morgan fingerprint density at radius 3 is 2.32 bits per heavy atom. The Bertz CT molecular complexity index is 343. The normalized spacial score (nSPS) is 39.5. The van der Waals surface area contributed by atoms with Crippen molar-refractivity contribution < 1.29 is 19.7 Å². The third kappa shape index (κ3) is 2.57. The maximum Gasteiger partial charge on any atom is 0.407 e. The number of nitrogens with zero attached hydrogens (tertiary/aromatic N) is 2. The lowest BCUT2D eigenvalue weighted by Crippen LogP contribution is -2.57. The number of hydrogen-bond donors (Lipinski definition) is 2. The van der Waals surface area contributed by atoms with Crippen molar-refractivity contribution >= 4 is 6.09 Å². The summed E-state index contributed by atoms with van der Waals surface area (Å²) < 4.78 is 5.32. The largest absolute Gasteiger partial charge is 0.465 e. The summed E-state index contributed by atoms with van der Waals surface area (Å²) in [5.41, 5.74) is -0.727. The van der Waals surface area contributed by atoms with Gasteiger partial charge in [0.15, 0.2) is 0 Å². The highest BCUT2D eigenvalue weighted by atomic mass is 16.5. The number of carboxylic acid groups (broad SMARTS) is 1. The van der Waals surface area contributed by atoms with Crippen LogP contribution in [-0.4, -0.2) is 76.6 Å². The van der Waals surface area contributed by atoms with Crippen LogP contribution in [0, 0.1) is 0 Å². The Balaban J connectivity index is 1.65. The van der Waals surface area contributed by atoms with Crippen LogP contribution < -0.4 is 0 Å². The smallest absolute Gasteiger partial charge is 0.407 e. The summed E-state index contributed by atoms with van der Waals surface area (Å²) >= 11 is 0. The monoisotopic (exact) mass is 270 g/mol. The molecule has 3 rings (SSSR count). The van der Waals surface area contributed by atoms with Gasteiger partial charge in [-0.3, -0.25) is 4.90 Å². The highest BCUT2D eigenvalue weighted by molar-refractivity contribution is 5.66. The van der Waals surface area contributed by atoms with Gasteiger partial charge in [0.25, 0.3) is 0 Å². The molecule has 3 heterocycles. The summed E-state index contributed by atoms with van der Waals surface area (Å²) in [6.45, 7) is 3.83. The predicted molar refractivity (Wildman–Crippen MR) is 68.1 cm³/mol. The van der Waals surface area contributed by atoms with Gasteiger partial charge in [-0.1, -0.05) is 0 Å².